The van der Waals surface area contributed by atoms with Gasteiger partial charge in [-0.2, -0.15) is 5.10 Å². The number of nitrogens with one attached hydrogen (secondary N) is 1. The molecule has 0 bridgehead atoms. The third-order valence-corrected chi connectivity index (χ3v) is 4.62. The summed E-state index contributed by atoms with van der Waals surface area (Å²) in [5, 5.41) is 7.81. The first-order valence-electron chi connectivity index (χ1n) is 7.29. The number of aromatic nitrogens is 2. The van der Waals surface area contributed by atoms with Gasteiger partial charge in [-0.05, 0) is 32.4 Å². The van der Waals surface area contributed by atoms with Crippen molar-refractivity contribution in [2.75, 3.05) is 14.1 Å². The van der Waals surface area contributed by atoms with Crippen molar-refractivity contribution in [3.8, 4) is 0 Å². The molecule has 19 heavy (non-hydrogen) atoms. The molecule has 4 heteroatoms. The summed E-state index contributed by atoms with van der Waals surface area (Å²) in [5.74, 6) is 0. The van der Waals surface area contributed by atoms with Crippen molar-refractivity contribution in [3.05, 3.63) is 18.0 Å². The predicted octanol–water partition coefficient (Wildman–Crippen LogP) is 2.02. The molecule has 1 aromatic rings. The maximum atomic E-state index is 4.26. The summed E-state index contributed by atoms with van der Waals surface area (Å²) in [4.78, 5) is 2.49. The Morgan fingerprint density at radius 3 is 2.84 bits per heavy atom. The molecule has 0 radical (unpaired) electrons. The van der Waals surface area contributed by atoms with Crippen LogP contribution in [-0.2, 0) is 13.6 Å². The summed E-state index contributed by atoms with van der Waals surface area (Å²) in [7, 11) is 6.32. The van der Waals surface area contributed by atoms with Crippen LogP contribution >= 0.6 is 0 Å². The zero-order valence-corrected chi connectivity index (χ0v) is 13.0. The van der Waals surface area contributed by atoms with Crippen LogP contribution in [0.5, 0.6) is 0 Å². The molecule has 2 unspecified atom stereocenters. The highest BCUT2D eigenvalue weighted by molar-refractivity contribution is 5.05. The van der Waals surface area contributed by atoms with Gasteiger partial charge in [0.15, 0.2) is 0 Å². The summed E-state index contributed by atoms with van der Waals surface area (Å²) in [6, 6.07) is 1.16. The Balaban J connectivity index is 2.06. The highest BCUT2D eigenvalue weighted by atomic mass is 15.2. The second-order valence-corrected chi connectivity index (χ2v) is 6.65. The van der Waals surface area contributed by atoms with Crippen LogP contribution in [0.3, 0.4) is 0 Å². The van der Waals surface area contributed by atoms with Crippen molar-refractivity contribution in [2.45, 2.75) is 51.7 Å². The number of aryl methyl sites for hydroxylation is 1. The molecule has 0 saturated heterocycles. The minimum Gasteiger partial charge on any atom is -0.315 e. The lowest BCUT2D eigenvalue weighted by Crippen LogP contribution is -2.56. The average molecular weight is 264 g/mol. The molecular formula is C15H28N4. The smallest absolute Gasteiger partial charge is 0.0534 e. The molecule has 4 nitrogen and oxygen atoms in total. The minimum absolute atomic E-state index is 0.376. The first-order chi connectivity index (χ1) is 8.94. The van der Waals surface area contributed by atoms with E-state index < -0.39 is 0 Å². The largest absolute Gasteiger partial charge is 0.315 e. The van der Waals surface area contributed by atoms with Crippen LogP contribution in [-0.4, -0.2) is 40.9 Å². The molecule has 1 heterocycles. The topological polar surface area (TPSA) is 33.1 Å². The van der Waals surface area contributed by atoms with Crippen LogP contribution in [0.2, 0.25) is 0 Å². The fourth-order valence-corrected chi connectivity index (χ4v) is 3.63. The molecule has 108 valence electrons. The van der Waals surface area contributed by atoms with Gasteiger partial charge in [-0.25, -0.2) is 0 Å². The maximum Gasteiger partial charge on any atom is 0.0534 e. The van der Waals surface area contributed by atoms with E-state index in [1.54, 1.807) is 0 Å². The number of hydrogen-bond acceptors (Lipinski definition) is 3. The number of rotatable bonds is 4. The average Bonchev–Trinajstić information content (AvgIpc) is 2.73. The van der Waals surface area contributed by atoms with Gasteiger partial charge in [0, 0.05) is 37.4 Å². The SMILES string of the molecule is CNC1C(N(C)Cc2cnn(C)c2)CCCC1(C)C. The Labute approximate surface area is 117 Å². The standard InChI is InChI=1S/C15H28N4/c1-15(2)8-6-7-13(14(15)16-3)18(4)10-12-9-17-19(5)11-12/h9,11,13-14,16H,6-8,10H2,1-5H3. The highest BCUT2D eigenvalue weighted by Crippen LogP contribution is 2.37. The molecule has 1 aliphatic carbocycles. The minimum atomic E-state index is 0.376. The summed E-state index contributed by atoms with van der Waals surface area (Å²) in [5.41, 5.74) is 1.67. The van der Waals surface area contributed by atoms with Crippen molar-refractivity contribution in [1.29, 1.82) is 0 Å². The van der Waals surface area contributed by atoms with Crippen molar-refractivity contribution in [2.24, 2.45) is 12.5 Å². The van der Waals surface area contributed by atoms with Gasteiger partial charge in [0.1, 0.15) is 0 Å². The van der Waals surface area contributed by atoms with Gasteiger partial charge in [0.25, 0.3) is 0 Å². The predicted molar refractivity (Wildman–Crippen MR) is 78.9 cm³/mol. The molecule has 1 saturated carbocycles. The molecular weight excluding hydrogens is 236 g/mol. The van der Waals surface area contributed by atoms with E-state index in [1.165, 1.54) is 24.8 Å². The summed E-state index contributed by atoms with van der Waals surface area (Å²) < 4.78 is 1.88. The summed E-state index contributed by atoms with van der Waals surface area (Å²) in [6.45, 7) is 5.75. The Morgan fingerprint density at radius 1 is 1.53 bits per heavy atom. The van der Waals surface area contributed by atoms with Crippen LogP contribution in [0.1, 0.15) is 38.7 Å². The number of likely N-dealkylation sites (N-methyl/N-ethyl adjacent to an activating group) is 2. The third kappa shape index (κ3) is 3.18. The molecule has 1 fully saturated rings. The van der Waals surface area contributed by atoms with Crippen molar-refractivity contribution in [3.63, 3.8) is 0 Å². The normalized spacial score (nSPS) is 26.8. The Kier molecular flexibility index (Phi) is 4.31. The monoisotopic (exact) mass is 264 g/mol. The Morgan fingerprint density at radius 2 is 2.26 bits per heavy atom. The first kappa shape index (κ1) is 14.5. The second kappa shape index (κ2) is 5.63. The first-order valence-corrected chi connectivity index (χ1v) is 7.29. The molecule has 0 aliphatic heterocycles. The molecule has 1 aliphatic rings. The highest BCUT2D eigenvalue weighted by Gasteiger charge is 2.39. The molecule has 2 rings (SSSR count). The summed E-state index contributed by atoms with van der Waals surface area (Å²) in [6.07, 6.45) is 8.01. The van der Waals surface area contributed by atoms with E-state index in [4.69, 9.17) is 0 Å². The zero-order chi connectivity index (χ0) is 14.0. The molecule has 1 N–H and O–H groups in total. The lowest BCUT2D eigenvalue weighted by molar-refractivity contribution is 0.0632. The molecule has 1 aromatic heterocycles. The van der Waals surface area contributed by atoms with Gasteiger partial charge in [-0.3, -0.25) is 9.58 Å². The number of nitrogens with zero attached hydrogens (tertiary/aromatic N) is 3. The molecule has 0 aromatic carbocycles. The maximum absolute atomic E-state index is 4.26. The molecule has 0 spiro atoms. The fourth-order valence-electron chi connectivity index (χ4n) is 3.63. The third-order valence-electron chi connectivity index (χ3n) is 4.62. The lowest BCUT2D eigenvalue weighted by atomic mass is 9.70. The zero-order valence-electron chi connectivity index (χ0n) is 13.0. The van der Waals surface area contributed by atoms with Gasteiger partial charge in [0.2, 0.25) is 0 Å². The van der Waals surface area contributed by atoms with E-state index >= 15 is 0 Å². The van der Waals surface area contributed by atoms with E-state index in [9.17, 15) is 0 Å². The molecule has 2 atom stereocenters. The van der Waals surface area contributed by atoms with Gasteiger partial charge in [0.05, 0.1) is 6.20 Å². The summed E-state index contributed by atoms with van der Waals surface area (Å²) >= 11 is 0. The van der Waals surface area contributed by atoms with E-state index in [-0.39, 0.29) is 0 Å². The fraction of sp³-hybridized carbons (Fsp3) is 0.800. The van der Waals surface area contributed by atoms with Crippen LogP contribution in [0.25, 0.3) is 0 Å². The Bertz CT molecular complexity index is 410. The second-order valence-electron chi connectivity index (χ2n) is 6.65. The van der Waals surface area contributed by atoms with Crippen LogP contribution in [0.15, 0.2) is 12.4 Å². The van der Waals surface area contributed by atoms with Crippen LogP contribution in [0.4, 0.5) is 0 Å². The van der Waals surface area contributed by atoms with E-state index in [1.807, 2.05) is 17.9 Å². The lowest BCUT2D eigenvalue weighted by Gasteiger charge is -2.47. The van der Waals surface area contributed by atoms with Crippen molar-refractivity contribution >= 4 is 0 Å². The Hall–Kier alpha value is -0.870. The molecule has 0 amide bonds. The van der Waals surface area contributed by atoms with Gasteiger partial charge >= 0.3 is 0 Å². The quantitative estimate of drug-likeness (QED) is 0.903. The van der Waals surface area contributed by atoms with Crippen molar-refractivity contribution < 1.29 is 0 Å². The van der Waals surface area contributed by atoms with Gasteiger partial charge in [-0.15, -0.1) is 0 Å². The van der Waals surface area contributed by atoms with Gasteiger partial charge < -0.3 is 5.32 Å². The number of hydrogen-bond donors (Lipinski definition) is 1. The van der Waals surface area contributed by atoms with E-state index in [0.717, 1.165) is 6.54 Å². The van der Waals surface area contributed by atoms with E-state index in [0.29, 0.717) is 17.5 Å². The van der Waals surface area contributed by atoms with Gasteiger partial charge in [-0.1, -0.05) is 20.3 Å². The van der Waals surface area contributed by atoms with Crippen LogP contribution < -0.4 is 5.32 Å². The van der Waals surface area contributed by atoms with E-state index in [2.05, 4.69) is 49.5 Å². The van der Waals surface area contributed by atoms with Crippen LogP contribution in [0, 0.1) is 5.41 Å². The van der Waals surface area contributed by atoms with Crippen molar-refractivity contribution in [1.82, 2.24) is 20.0 Å².